The molecule has 0 aromatic heterocycles. The number of benzene rings is 2. The van der Waals surface area contributed by atoms with E-state index < -0.39 is 0 Å². The van der Waals surface area contributed by atoms with Crippen molar-refractivity contribution in [1.82, 2.24) is 0 Å². The molecule has 2 aromatic carbocycles. The molecule has 0 bridgehead atoms. The second-order valence-corrected chi connectivity index (χ2v) is 6.92. The van der Waals surface area contributed by atoms with E-state index in [4.69, 9.17) is 23.7 Å². The molecule has 0 N–H and O–H groups in total. The molecule has 25 heavy (non-hydrogen) atoms. The normalized spacial score (nSPS) is 29.2. The van der Waals surface area contributed by atoms with Crippen LogP contribution in [0.3, 0.4) is 0 Å². The zero-order valence-electron chi connectivity index (χ0n) is 14.2. The Kier molecular flexibility index (Phi) is 3.31. The van der Waals surface area contributed by atoms with Crippen LogP contribution in [0.25, 0.3) is 0 Å². The molecule has 3 aliphatic heterocycles. The molecule has 2 aromatic rings. The maximum Gasteiger partial charge on any atom is 0.231 e. The molecule has 0 spiro atoms. The lowest BCUT2D eigenvalue weighted by molar-refractivity contribution is 0.0288. The zero-order chi connectivity index (χ0) is 17.0. The van der Waals surface area contributed by atoms with Crippen molar-refractivity contribution >= 4 is 0 Å². The largest absolute Gasteiger partial charge is 0.454 e. The van der Waals surface area contributed by atoms with Crippen LogP contribution in [0.5, 0.6) is 23.0 Å². The van der Waals surface area contributed by atoms with Gasteiger partial charge in [-0.25, -0.2) is 0 Å². The van der Waals surface area contributed by atoms with Crippen molar-refractivity contribution in [3.63, 3.8) is 0 Å². The molecule has 0 amide bonds. The standard InChI is InChI=1S/C20H20O5/c1-11-12(2)20(14-4-6-16-18(8-14)24-10-22-16)25-19(11)13-3-5-15-17(7-13)23-9-21-15/h3-8,11-12,19-20H,9-10H2,1-2H3/t11-,12+,19+,20-. The first-order chi connectivity index (χ1) is 12.2. The third kappa shape index (κ3) is 2.34. The van der Waals surface area contributed by atoms with Crippen molar-refractivity contribution in [1.29, 1.82) is 0 Å². The molecule has 5 heteroatoms. The third-order valence-electron chi connectivity index (χ3n) is 5.53. The summed E-state index contributed by atoms with van der Waals surface area (Å²) < 4.78 is 28.3. The minimum absolute atomic E-state index is 0.0277. The molecule has 3 heterocycles. The second kappa shape index (κ2) is 5.56. The van der Waals surface area contributed by atoms with Crippen LogP contribution in [0, 0.1) is 11.8 Å². The Hall–Kier alpha value is -2.40. The van der Waals surface area contributed by atoms with Crippen LogP contribution in [0.2, 0.25) is 0 Å². The topological polar surface area (TPSA) is 46.2 Å². The van der Waals surface area contributed by atoms with Crippen molar-refractivity contribution in [3.05, 3.63) is 47.5 Å². The van der Waals surface area contributed by atoms with Crippen molar-refractivity contribution in [3.8, 4) is 23.0 Å². The quantitative estimate of drug-likeness (QED) is 0.819. The highest BCUT2D eigenvalue weighted by Crippen LogP contribution is 2.51. The van der Waals surface area contributed by atoms with Crippen LogP contribution >= 0.6 is 0 Å². The molecule has 3 aliphatic rings. The van der Waals surface area contributed by atoms with Crippen LogP contribution in [0.15, 0.2) is 36.4 Å². The van der Waals surface area contributed by atoms with E-state index in [1.807, 2.05) is 24.3 Å². The summed E-state index contributed by atoms with van der Waals surface area (Å²) in [6.45, 7) is 5.06. The Balaban J connectivity index is 1.44. The molecule has 5 nitrogen and oxygen atoms in total. The van der Waals surface area contributed by atoms with Crippen molar-refractivity contribution in [2.75, 3.05) is 13.6 Å². The zero-order valence-corrected chi connectivity index (χ0v) is 14.2. The summed E-state index contributed by atoms with van der Waals surface area (Å²) in [6.07, 6.45) is 0.0554. The van der Waals surface area contributed by atoms with Gasteiger partial charge in [0.25, 0.3) is 0 Å². The second-order valence-electron chi connectivity index (χ2n) is 6.92. The number of hydrogen-bond donors (Lipinski definition) is 0. The van der Waals surface area contributed by atoms with Gasteiger partial charge in [-0.2, -0.15) is 0 Å². The molecular formula is C20H20O5. The maximum absolute atomic E-state index is 6.48. The Morgan fingerprint density at radius 2 is 1.08 bits per heavy atom. The first kappa shape index (κ1) is 14.9. The van der Waals surface area contributed by atoms with E-state index in [-0.39, 0.29) is 25.8 Å². The van der Waals surface area contributed by atoms with Crippen LogP contribution < -0.4 is 18.9 Å². The summed E-state index contributed by atoms with van der Waals surface area (Å²) in [5, 5.41) is 0. The number of fused-ring (bicyclic) bond motifs is 2. The van der Waals surface area contributed by atoms with E-state index in [2.05, 4.69) is 26.0 Å². The van der Waals surface area contributed by atoms with E-state index in [9.17, 15) is 0 Å². The average Bonchev–Trinajstić information content (AvgIpc) is 3.34. The summed E-state index contributed by atoms with van der Waals surface area (Å²) in [5.74, 6) is 3.97. The maximum atomic E-state index is 6.48. The van der Waals surface area contributed by atoms with Gasteiger partial charge in [0.1, 0.15) is 0 Å². The lowest BCUT2D eigenvalue weighted by atomic mass is 9.85. The van der Waals surface area contributed by atoms with Gasteiger partial charge in [-0.05, 0) is 47.2 Å². The Morgan fingerprint density at radius 1 is 0.640 bits per heavy atom. The SMILES string of the molecule is C[C@@H]1[C@H](C)[C@H](c2ccc3c(c2)OCO3)O[C@@H]1c1ccc2c(c1)OCO2. The Bertz CT molecular complexity index is 750. The van der Waals surface area contributed by atoms with Gasteiger partial charge in [0.15, 0.2) is 23.0 Å². The van der Waals surface area contributed by atoms with Gasteiger partial charge < -0.3 is 23.7 Å². The van der Waals surface area contributed by atoms with E-state index in [1.165, 1.54) is 0 Å². The fourth-order valence-electron chi connectivity index (χ4n) is 3.90. The van der Waals surface area contributed by atoms with Gasteiger partial charge in [0.2, 0.25) is 13.6 Å². The first-order valence-electron chi connectivity index (χ1n) is 8.65. The minimum Gasteiger partial charge on any atom is -0.454 e. The summed E-state index contributed by atoms with van der Waals surface area (Å²) >= 11 is 0. The van der Waals surface area contributed by atoms with Gasteiger partial charge in [0, 0.05) is 0 Å². The van der Waals surface area contributed by atoms with Crippen LogP contribution in [0.1, 0.15) is 37.2 Å². The lowest BCUT2D eigenvalue weighted by Crippen LogP contribution is -2.09. The highest BCUT2D eigenvalue weighted by Gasteiger charge is 2.41. The molecule has 5 rings (SSSR count). The van der Waals surface area contributed by atoms with E-state index in [0.29, 0.717) is 11.8 Å². The predicted molar refractivity (Wildman–Crippen MR) is 90.0 cm³/mol. The third-order valence-corrected chi connectivity index (χ3v) is 5.53. The molecular weight excluding hydrogens is 320 g/mol. The molecule has 0 unspecified atom stereocenters. The van der Waals surface area contributed by atoms with Gasteiger partial charge in [-0.15, -0.1) is 0 Å². The molecule has 0 saturated carbocycles. The molecule has 4 atom stereocenters. The van der Waals surface area contributed by atoms with Crippen molar-refractivity contribution in [2.45, 2.75) is 26.1 Å². The van der Waals surface area contributed by atoms with Crippen LogP contribution in [-0.4, -0.2) is 13.6 Å². The highest BCUT2D eigenvalue weighted by molar-refractivity contribution is 5.47. The number of ether oxygens (including phenoxy) is 5. The highest BCUT2D eigenvalue weighted by atomic mass is 16.7. The Morgan fingerprint density at radius 3 is 1.56 bits per heavy atom. The number of hydrogen-bond acceptors (Lipinski definition) is 5. The van der Waals surface area contributed by atoms with E-state index in [1.54, 1.807) is 0 Å². The van der Waals surface area contributed by atoms with E-state index >= 15 is 0 Å². The van der Waals surface area contributed by atoms with Gasteiger partial charge in [-0.1, -0.05) is 26.0 Å². The predicted octanol–water partition coefficient (Wildman–Crippen LogP) is 4.23. The van der Waals surface area contributed by atoms with E-state index in [0.717, 1.165) is 34.1 Å². The summed E-state index contributed by atoms with van der Waals surface area (Å²) in [4.78, 5) is 0. The monoisotopic (exact) mass is 340 g/mol. The van der Waals surface area contributed by atoms with Gasteiger partial charge in [0.05, 0.1) is 12.2 Å². The van der Waals surface area contributed by atoms with Crippen molar-refractivity contribution < 1.29 is 23.7 Å². The smallest absolute Gasteiger partial charge is 0.231 e. The summed E-state index contributed by atoms with van der Waals surface area (Å²) in [6, 6.07) is 12.2. The average molecular weight is 340 g/mol. The molecule has 0 aliphatic carbocycles. The first-order valence-corrected chi connectivity index (χ1v) is 8.65. The van der Waals surface area contributed by atoms with Gasteiger partial charge >= 0.3 is 0 Å². The molecule has 1 fully saturated rings. The minimum atomic E-state index is 0.0277. The fraction of sp³-hybridized carbons (Fsp3) is 0.400. The summed E-state index contributed by atoms with van der Waals surface area (Å²) in [7, 11) is 0. The fourth-order valence-corrected chi connectivity index (χ4v) is 3.90. The van der Waals surface area contributed by atoms with Crippen LogP contribution in [0.4, 0.5) is 0 Å². The number of rotatable bonds is 2. The molecule has 130 valence electrons. The molecule has 0 radical (unpaired) electrons. The van der Waals surface area contributed by atoms with Crippen LogP contribution in [-0.2, 0) is 4.74 Å². The van der Waals surface area contributed by atoms with Gasteiger partial charge in [-0.3, -0.25) is 0 Å². The lowest BCUT2D eigenvalue weighted by Gasteiger charge is -2.17. The Labute approximate surface area is 146 Å². The molecule has 1 saturated heterocycles. The summed E-state index contributed by atoms with van der Waals surface area (Å²) in [5.41, 5.74) is 2.26. The van der Waals surface area contributed by atoms with Crippen molar-refractivity contribution in [2.24, 2.45) is 11.8 Å².